The fraction of sp³-hybridized carbons (Fsp3) is 0.114. The van der Waals surface area contributed by atoms with Gasteiger partial charge in [-0.05, 0) is 47.5 Å². The summed E-state index contributed by atoms with van der Waals surface area (Å²) in [6.45, 7) is 6.82. The molecule has 2 aromatic heterocycles. The summed E-state index contributed by atoms with van der Waals surface area (Å²) >= 11 is 13.4. The summed E-state index contributed by atoms with van der Waals surface area (Å²) in [5.41, 5.74) is 0.722. The van der Waals surface area contributed by atoms with E-state index in [1.165, 1.54) is 37.1 Å². The lowest BCUT2D eigenvalue weighted by molar-refractivity contribution is -0.114. The van der Waals surface area contributed by atoms with Crippen molar-refractivity contribution in [2.24, 2.45) is 0 Å². The molecular formula is C35H27Cl2F2N5O5. The first kappa shape index (κ1) is 34.7. The molecule has 49 heavy (non-hydrogen) atoms. The zero-order chi connectivity index (χ0) is 35.4. The number of pyridine rings is 1. The normalized spacial score (nSPS) is 10.8. The molecule has 5 rings (SSSR count). The molecule has 3 aromatic carbocycles. The predicted octanol–water partition coefficient (Wildman–Crippen LogP) is 7.27. The van der Waals surface area contributed by atoms with Crippen LogP contribution in [0.1, 0.15) is 11.1 Å². The number of carbonyl (C=O) groups is 2. The van der Waals surface area contributed by atoms with Crippen molar-refractivity contribution in [3.05, 3.63) is 123 Å². The predicted molar refractivity (Wildman–Crippen MR) is 185 cm³/mol. The number of rotatable bonds is 12. The van der Waals surface area contributed by atoms with Gasteiger partial charge in [0.1, 0.15) is 28.8 Å². The smallest absolute Gasteiger partial charge is 0.260 e. The number of halogens is 4. The molecule has 0 fully saturated rings. The number of allylic oxidation sites excluding steroid dienone is 1. The lowest BCUT2D eigenvalue weighted by atomic mass is 10.0. The molecule has 2 heterocycles. The second kappa shape index (κ2) is 14.7. The highest BCUT2D eigenvalue weighted by Gasteiger charge is 2.24. The van der Waals surface area contributed by atoms with Gasteiger partial charge in [0.2, 0.25) is 11.9 Å². The Hall–Kier alpha value is -5.59. The molecule has 0 spiro atoms. The van der Waals surface area contributed by atoms with Crippen molar-refractivity contribution in [2.45, 2.75) is 13.0 Å². The summed E-state index contributed by atoms with van der Waals surface area (Å²) in [6, 6.07) is 11.4. The van der Waals surface area contributed by atoms with Crippen molar-refractivity contribution in [3.63, 3.8) is 0 Å². The maximum absolute atomic E-state index is 15.0. The van der Waals surface area contributed by atoms with Gasteiger partial charge < -0.3 is 20.1 Å². The van der Waals surface area contributed by atoms with Crippen LogP contribution >= 0.6 is 23.2 Å². The van der Waals surface area contributed by atoms with Crippen LogP contribution in [-0.2, 0) is 22.6 Å². The van der Waals surface area contributed by atoms with E-state index in [1.807, 2.05) is 0 Å². The molecule has 0 bridgehead atoms. The van der Waals surface area contributed by atoms with Gasteiger partial charge in [-0.25, -0.2) is 13.8 Å². The molecule has 14 heteroatoms. The van der Waals surface area contributed by atoms with Crippen LogP contribution in [0.15, 0.2) is 84.8 Å². The van der Waals surface area contributed by atoms with Gasteiger partial charge in [-0.1, -0.05) is 48.5 Å². The highest BCUT2D eigenvalue weighted by atomic mass is 35.5. The molecule has 0 radical (unpaired) electrons. The number of nitrogens with zero attached hydrogens (tertiary/aromatic N) is 3. The number of aromatic nitrogens is 3. The maximum Gasteiger partial charge on any atom is 0.260 e. The molecule has 1 amide bonds. The summed E-state index contributed by atoms with van der Waals surface area (Å²) in [7, 11) is 2.81. The Kier molecular flexibility index (Phi) is 10.4. The topological polar surface area (TPSA) is 124 Å². The van der Waals surface area contributed by atoms with Gasteiger partial charge in [-0.2, -0.15) is 4.98 Å². The van der Waals surface area contributed by atoms with E-state index in [1.54, 1.807) is 24.3 Å². The van der Waals surface area contributed by atoms with Gasteiger partial charge in [0.05, 0.1) is 42.1 Å². The van der Waals surface area contributed by atoms with Gasteiger partial charge in [0, 0.05) is 41.4 Å². The number of amides is 1. The quantitative estimate of drug-likeness (QED) is 0.130. The highest BCUT2D eigenvalue weighted by molar-refractivity contribution is 6.41. The van der Waals surface area contributed by atoms with Crippen LogP contribution in [-0.4, -0.2) is 40.4 Å². The molecule has 10 nitrogen and oxygen atoms in total. The first-order valence-corrected chi connectivity index (χ1v) is 15.2. The van der Waals surface area contributed by atoms with E-state index < -0.39 is 28.9 Å². The third-order valence-electron chi connectivity index (χ3n) is 7.38. The summed E-state index contributed by atoms with van der Waals surface area (Å²) < 4.78 is 41.3. The molecular weight excluding hydrogens is 679 g/mol. The van der Waals surface area contributed by atoms with Gasteiger partial charge in [-0.3, -0.25) is 19.0 Å². The number of carbonyl (C=O) groups excluding carboxylic acids is 2. The largest absolute Gasteiger partial charge is 0.495 e. The van der Waals surface area contributed by atoms with Crippen LogP contribution in [0, 0.1) is 11.6 Å². The Balaban J connectivity index is 1.70. The zero-order valence-corrected chi connectivity index (χ0v) is 27.6. The van der Waals surface area contributed by atoms with Crippen LogP contribution < -0.4 is 25.7 Å². The average molecular weight is 707 g/mol. The summed E-state index contributed by atoms with van der Waals surface area (Å²) in [5, 5.41) is 5.88. The minimum absolute atomic E-state index is 0.0127. The molecule has 250 valence electrons. The fourth-order valence-electron chi connectivity index (χ4n) is 5.01. The number of methoxy groups -OCH3 is 2. The van der Waals surface area contributed by atoms with E-state index in [9.17, 15) is 18.8 Å². The van der Waals surface area contributed by atoms with Crippen molar-refractivity contribution < 1.29 is 27.8 Å². The fourth-order valence-corrected chi connectivity index (χ4v) is 5.72. The number of benzene rings is 3. The maximum atomic E-state index is 15.0. The summed E-state index contributed by atoms with van der Waals surface area (Å²) in [5.74, 6) is -2.44. The van der Waals surface area contributed by atoms with Crippen molar-refractivity contribution in [3.8, 4) is 22.6 Å². The average Bonchev–Trinajstić information content (AvgIpc) is 3.08. The standard InChI is InChI=1S/C35H27Cl2F2N5O5/c1-5-23(45)12-19-11-21(38)14-25(39)32(19)42-35-40-16-20-13-24(29-30(36)26(48-3)15-27(49-4)31(29)37)34(47)44(33(20)43-35)17-18-7-9-22(10-8-18)41-28(46)6-2/h5-11,13-16H,1-2,12,17H2,3-4H3,(H,41,46)(H,40,42,43). The second-order valence-electron chi connectivity index (χ2n) is 10.5. The Bertz CT molecular complexity index is 2180. The van der Waals surface area contributed by atoms with E-state index >= 15 is 4.39 Å². The lowest BCUT2D eigenvalue weighted by Gasteiger charge is -2.18. The van der Waals surface area contributed by atoms with Gasteiger partial charge in [0.15, 0.2) is 5.78 Å². The molecule has 0 aliphatic rings. The van der Waals surface area contributed by atoms with Crippen LogP contribution in [0.2, 0.25) is 10.0 Å². The number of hydrogen-bond acceptors (Lipinski definition) is 8. The minimum atomic E-state index is -0.983. The Labute approximate surface area is 288 Å². The number of ether oxygens (including phenoxy) is 2. The Morgan fingerprint density at radius 1 is 0.980 bits per heavy atom. The summed E-state index contributed by atoms with van der Waals surface area (Å²) in [6.07, 6.45) is 3.24. The highest BCUT2D eigenvalue weighted by Crippen LogP contribution is 2.45. The van der Waals surface area contributed by atoms with Crippen LogP contribution in [0.4, 0.5) is 26.1 Å². The first-order valence-electron chi connectivity index (χ1n) is 14.4. The van der Waals surface area contributed by atoms with Crippen molar-refractivity contribution >= 4 is 63.2 Å². The molecule has 0 saturated heterocycles. The molecule has 0 aliphatic carbocycles. The number of fused-ring (bicyclic) bond motifs is 1. The van der Waals surface area contributed by atoms with E-state index in [-0.39, 0.29) is 68.5 Å². The number of anilines is 3. The van der Waals surface area contributed by atoms with E-state index in [4.69, 9.17) is 32.7 Å². The van der Waals surface area contributed by atoms with Gasteiger partial charge in [0.25, 0.3) is 5.56 Å². The number of hydrogen-bond donors (Lipinski definition) is 2. The zero-order valence-electron chi connectivity index (χ0n) is 26.1. The van der Waals surface area contributed by atoms with E-state index in [0.717, 1.165) is 18.2 Å². The molecule has 0 unspecified atom stereocenters. The number of ketones is 1. The number of nitrogens with one attached hydrogen (secondary N) is 2. The molecule has 0 atom stereocenters. The van der Waals surface area contributed by atoms with Crippen LogP contribution in [0.25, 0.3) is 22.2 Å². The minimum Gasteiger partial charge on any atom is -0.495 e. The Morgan fingerprint density at radius 2 is 1.65 bits per heavy atom. The molecule has 2 N–H and O–H groups in total. The molecule has 0 aliphatic heterocycles. The van der Waals surface area contributed by atoms with Crippen molar-refractivity contribution in [1.82, 2.24) is 14.5 Å². The Morgan fingerprint density at radius 3 is 2.27 bits per heavy atom. The monoisotopic (exact) mass is 705 g/mol. The third-order valence-corrected chi connectivity index (χ3v) is 8.13. The SMILES string of the molecule is C=CC(=O)Cc1cc(F)cc(F)c1Nc1ncc2cc(-c3c(Cl)c(OC)cc(OC)c3Cl)c(=O)n(Cc3ccc(NC(=O)C=C)cc3)c2n1. The summed E-state index contributed by atoms with van der Waals surface area (Å²) in [4.78, 5) is 47.1. The van der Waals surface area contributed by atoms with Crippen molar-refractivity contribution in [2.75, 3.05) is 24.9 Å². The third kappa shape index (κ3) is 7.30. The van der Waals surface area contributed by atoms with Crippen LogP contribution in [0.5, 0.6) is 11.5 Å². The molecule has 0 saturated carbocycles. The van der Waals surface area contributed by atoms with Gasteiger partial charge >= 0.3 is 0 Å². The van der Waals surface area contributed by atoms with Crippen molar-refractivity contribution in [1.29, 1.82) is 0 Å². The first-order chi connectivity index (χ1) is 23.5. The second-order valence-corrected chi connectivity index (χ2v) is 11.2. The van der Waals surface area contributed by atoms with Gasteiger partial charge in [-0.15, -0.1) is 0 Å². The van der Waals surface area contributed by atoms with E-state index in [2.05, 4.69) is 33.8 Å². The molecule has 5 aromatic rings. The van der Waals surface area contributed by atoms with Crippen LogP contribution in [0.3, 0.4) is 0 Å². The van der Waals surface area contributed by atoms with E-state index in [0.29, 0.717) is 22.7 Å². The lowest BCUT2D eigenvalue weighted by Crippen LogP contribution is -2.24.